The van der Waals surface area contributed by atoms with Crippen LogP contribution in [0.15, 0.2) is 35.5 Å². The van der Waals surface area contributed by atoms with E-state index in [1.54, 1.807) is 34.9 Å². The molecule has 6 nitrogen and oxygen atoms in total. The van der Waals surface area contributed by atoms with Crippen molar-refractivity contribution in [1.29, 1.82) is 0 Å². The van der Waals surface area contributed by atoms with Gasteiger partial charge in [0.25, 0.3) is 10.0 Å². The van der Waals surface area contributed by atoms with Crippen LogP contribution in [0.5, 0.6) is 5.75 Å². The molecule has 24 heavy (non-hydrogen) atoms. The van der Waals surface area contributed by atoms with Crippen LogP contribution in [0.25, 0.3) is 4.96 Å². The van der Waals surface area contributed by atoms with Crippen LogP contribution in [-0.4, -0.2) is 24.9 Å². The highest BCUT2D eigenvalue weighted by atomic mass is 32.2. The molecule has 0 radical (unpaired) electrons. The Morgan fingerprint density at radius 2 is 2.00 bits per heavy atom. The number of methoxy groups -OCH3 is 1. The van der Waals surface area contributed by atoms with Crippen molar-refractivity contribution >= 4 is 32.0 Å². The van der Waals surface area contributed by atoms with Crippen LogP contribution >= 0.6 is 11.3 Å². The number of thiazole rings is 1. The highest BCUT2D eigenvalue weighted by Crippen LogP contribution is 2.32. The van der Waals surface area contributed by atoms with E-state index >= 15 is 0 Å². The molecule has 2 aromatic heterocycles. The third-order valence-corrected chi connectivity index (χ3v) is 5.88. The second-order valence-electron chi connectivity index (χ2n) is 5.76. The van der Waals surface area contributed by atoms with Crippen LogP contribution in [0, 0.1) is 6.92 Å². The van der Waals surface area contributed by atoms with E-state index in [0.717, 1.165) is 4.88 Å². The number of para-hydroxylation sites is 2. The van der Waals surface area contributed by atoms with E-state index in [9.17, 15) is 8.42 Å². The van der Waals surface area contributed by atoms with Crippen molar-refractivity contribution in [1.82, 2.24) is 9.38 Å². The van der Waals surface area contributed by atoms with Gasteiger partial charge < -0.3 is 4.74 Å². The molecule has 8 heteroatoms. The number of ether oxygens (including phenoxy) is 1. The third kappa shape index (κ3) is 2.87. The Balaban J connectivity index is 2.15. The first kappa shape index (κ1) is 16.8. The summed E-state index contributed by atoms with van der Waals surface area (Å²) < 4.78 is 35.6. The van der Waals surface area contributed by atoms with Gasteiger partial charge in [0, 0.05) is 11.1 Å². The smallest absolute Gasteiger partial charge is 0.279 e. The lowest BCUT2D eigenvalue weighted by molar-refractivity contribution is 0.417. The lowest BCUT2D eigenvalue weighted by Crippen LogP contribution is -2.17. The fourth-order valence-corrected chi connectivity index (χ4v) is 4.92. The topological polar surface area (TPSA) is 72.7 Å². The van der Waals surface area contributed by atoms with Gasteiger partial charge in [-0.2, -0.15) is 8.42 Å². The summed E-state index contributed by atoms with van der Waals surface area (Å²) in [5.74, 6) is 0.455. The first-order chi connectivity index (χ1) is 11.3. The minimum Gasteiger partial charge on any atom is -0.495 e. The molecule has 0 aliphatic heterocycles. The molecule has 0 aliphatic carbocycles. The molecule has 3 rings (SSSR count). The molecule has 3 aromatic rings. The molecule has 0 fully saturated rings. The van der Waals surface area contributed by atoms with Gasteiger partial charge in [0.15, 0.2) is 9.99 Å². The number of nitrogens with zero attached hydrogens (tertiary/aromatic N) is 2. The summed E-state index contributed by atoms with van der Waals surface area (Å²) in [6.07, 6.45) is 1.80. The Morgan fingerprint density at radius 3 is 2.67 bits per heavy atom. The molecule has 0 bridgehead atoms. The van der Waals surface area contributed by atoms with Crippen LogP contribution in [0.3, 0.4) is 0 Å². The Kier molecular flexibility index (Phi) is 4.27. The number of aryl methyl sites for hydroxylation is 1. The van der Waals surface area contributed by atoms with E-state index < -0.39 is 10.0 Å². The summed E-state index contributed by atoms with van der Waals surface area (Å²) >= 11 is 1.47. The molecule has 1 N–H and O–H groups in total. The van der Waals surface area contributed by atoms with Gasteiger partial charge in [-0.15, -0.1) is 11.3 Å². The van der Waals surface area contributed by atoms with Gasteiger partial charge in [-0.05, 0) is 25.0 Å². The zero-order chi connectivity index (χ0) is 17.5. The maximum Gasteiger partial charge on any atom is 0.279 e. The molecule has 0 atom stereocenters. The van der Waals surface area contributed by atoms with Crippen molar-refractivity contribution in [2.45, 2.75) is 31.7 Å². The average Bonchev–Trinajstić information content (AvgIpc) is 3.03. The van der Waals surface area contributed by atoms with Crippen molar-refractivity contribution < 1.29 is 13.2 Å². The highest BCUT2D eigenvalue weighted by Gasteiger charge is 2.28. The van der Waals surface area contributed by atoms with Gasteiger partial charge in [0.2, 0.25) is 0 Å². The third-order valence-electron chi connectivity index (χ3n) is 3.58. The number of hydrogen-bond donors (Lipinski definition) is 1. The van der Waals surface area contributed by atoms with E-state index in [0.29, 0.717) is 22.1 Å². The SMILES string of the molecule is COc1ccccc1NS(=O)(=O)c1c(C(C)C)nc2sc(C)cn12. The quantitative estimate of drug-likeness (QED) is 0.749. The number of hydrogen-bond acceptors (Lipinski definition) is 5. The fraction of sp³-hybridized carbons (Fsp3) is 0.312. The lowest BCUT2D eigenvalue weighted by atomic mass is 10.2. The molecule has 0 amide bonds. The number of nitrogens with one attached hydrogen (secondary N) is 1. The maximum atomic E-state index is 13.1. The Bertz CT molecular complexity index is 987. The van der Waals surface area contributed by atoms with Gasteiger partial charge in [0.05, 0.1) is 18.5 Å². The van der Waals surface area contributed by atoms with Crippen molar-refractivity contribution in [2.24, 2.45) is 0 Å². The Labute approximate surface area is 145 Å². The van der Waals surface area contributed by atoms with Crippen LogP contribution in [0.4, 0.5) is 5.69 Å². The predicted molar refractivity (Wildman–Crippen MR) is 95.7 cm³/mol. The summed E-state index contributed by atoms with van der Waals surface area (Å²) in [6, 6.07) is 6.92. The molecule has 128 valence electrons. The molecule has 0 saturated heterocycles. The van der Waals surface area contributed by atoms with E-state index in [-0.39, 0.29) is 10.9 Å². The summed E-state index contributed by atoms with van der Waals surface area (Å²) in [4.78, 5) is 6.19. The van der Waals surface area contributed by atoms with Gasteiger partial charge in [0.1, 0.15) is 5.75 Å². The minimum atomic E-state index is -3.81. The van der Waals surface area contributed by atoms with Crippen molar-refractivity contribution in [3.63, 3.8) is 0 Å². The summed E-state index contributed by atoms with van der Waals surface area (Å²) in [5.41, 5.74) is 0.959. The molecular weight excluding hydrogens is 346 g/mol. The van der Waals surface area contributed by atoms with Crippen LogP contribution in [0.2, 0.25) is 0 Å². The van der Waals surface area contributed by atoms with Crippen molar-refractivity contribution in [3.05, 3.63) is 41.0 Å². The van der Waals surface area contributed by atoms with E-state index in [2.05, 4.69) is 9.71 Å². The summed E-state index contributed by atoms with van der Waals surface area (Å²) in [6.45, 7) is 5.79. The molecule has 1 aromatic carbocycles. The van der Waals surface area contributed by atoms with Crippen LogP contribution < -0.4 is 9.46 Å². The second kappa shape index (κ2) is 6.10. The van der Waals surface area contributed by atoms with Crippen molar-refractivity contribution in [3.8, 4) is 5.75 Å². The molecule has 0 aliphatic rings. The zero-order valence-electron chi connectivity index (χ0n) is 13.9. The molecule has 2 heterocycles. The normalized spacial score (nSPS) is 12.0. The zero-order valence-corrected chi connectivity index (χ0v) is 15.5. The monoisotopic (exact) mass is 365 g/mol. The van der Waals surface area contributed by atoms with Crippen molar-refractivity contribution in [2.75, 3.05) is 11.8 Å². The summed E-state index contributed by atoms with van der Waals surface area (Å²) in [7, 11) is -2.31. The van der Waals surface area contributed by atoms with E-state index in [4.69, 9.17) is 4.74 Å². The number of rotatable bonds is 5. The standard InChI is InChI=1S/C16H19N3O3S2/c1-10(2)14-15(19-9-11(3)23-16(19)17-14)24(20,21)18-12-7-5-6-8-13(12)22-4/h5-10,18H,1-4H3. The van der Waals surface area contributed by atoms with Gasteiger partial charge in [-0.1, -0.05) is 26.0 Å². The number of fused-ring (bicyclic) bond motifs is 1. The number of benzene rings is 1. The second-order valence-corrected chi connectivity index (χ2v) is 8.57. The molecule has 0 spiro atoms. The van der Waals surface area contributed by atoms with Crippen LogP contribution in [-0.2, 0) is 10.0 Å². The van der Waals surface area contributed by atoms with Crippen LogP contribution in [0.1, 0.15) is 30.3 Å². The largest absolute Gasteiger partial charge is 0.495 e. The Hall–Kier alpha value is -2.06. The number of imidazole rings is 1. The lowest BCUT2D eigenvalue weighted by Gasteiger charge is -2.13. The number of sulfonamides is 1. The minimum absolute atomic E-state index is 0.0124. The van der Waals surface area contributed by atoms with Gasteiger partial charge >= 0.3 is 0 Å². The summed E-state index contributed by atoms with van der Waals surface area (Å²) in [5, 5.41) is 0.183. The fourth-order valence-electron chi connectivity index (χ4n) is 2.52. The van der Waals surface area contributed by atoms with Gasteiger partial charge in [-0.3, -0.25) is 9.12 Å². The molecule has 0 saturated carbocycles. The average molecular weight is 365 g/mol. The molecular formula is C16H19N3O3S2. The highest BCUT2D eigenvalue weighted by molar-refractivity contribution is 7.92. The van der Waals surface area contributed by atoms with E-state index in [1.807, 2.05) is 20.8 Å². The predicted octanol–water partition coefficient (Wildman–Crippen LogP) is 3.64. The number of anilines is 1. The molecule has 0 unspecified atom stereocenters. The Morgan fingerprint density at radius 1 is 1.29 bits per heavy atom. The first-order valence-corrected chi connectivity index (χ1v) is 9.77. The maximum absolute atomic E-state index is 13.1. The number of aromatic nitrogens is 2. The van der Waals surface area contributed by atoms with E-state index in [1.165, 1.54) is 18.4 Å². The first-order valence-electron chi connectivity index (χ1n) is 7.47. The van der Waals surface area contributed by atoms with Gasteiger partial charge in [-0.25, -0.2) is 4.98 Å².